The predicted octanol–water partition coefficient (Wildman–Crippen LogP) is 2.02. The van der Waals surface area contributed by atoms with E-state index in [9.17, 15) is 9.59 Å². The number of carbonyl (C=O) groups excluding carboxylic acids is 2. The third-order valence-electron chi connectivity index (χ3n) is 1.63. The second-order valence-electron chi connectivity index (χ2n) is 4.89. The van der Waals surface area contributed by atoms with Gasteiger partial charge in [0.1, 0.15) is 11.6 Å². The quantitative estimate of drug-likeness (QED) is 0.608. The molecule has 0 aliphatic heterocycles. The average Bonchev–Trinajstić information content (AvgIpc) is 2.11. The van der Waals surface area contributed by atoms with Gasteiger partial charge >= 0.3 is 12.1 Å². The van der Waals surface area contributed by atoms with E-state index in [4.69, 9.17) is 4.74 Å². The normalized spacial score (nSPS) is 12.4. The Labute approximate surface area is 102 Å². The Morgan fingerprint density at radius 1 is 1.24 bits per heavy atom. The summed E-state index contributed by atoms with van der Waals surface area (Å²) in [4.78, 5) is 22.9. The van der Waals surface area contributed by atoms with Gasteiger partial charge in [-0.3, -0.25) is 0 Å². The number of esters is 1. The zero-order chi connectivity index (χ0) is 13.6. The van der Waals surface area contributed by atoms with Gasteiger partial charge in [0.05, 0.1) is 7.11 Å². The van der Waals surface area contributed by atoms with Crippen molar-refractivity contribution >= 4 is 12.1 Å². The molecule has 98 valence electrons. The monoisotopic (exact) mass is 243 g/mol. The van der Waals surface area contributed by atoms with Crippen LogP contribution in [0.15, 0.2) is 11.6 Å². The van der Waals surface area contributed by atoms with Crippen LogP contribution in [0.25, 0.3) is 0 Å². The van der Waals surface area contributed by atoms with E-state index in [-0.39, 0.29) is 0 Å². The standard InChI is InChI=1S/C12H21NO4/c1-8(2)7-9(10(14)16-6)13-11(15)17-12(3,4)5/h7,9H,1-6H3,(H,13,15). The minimum Gasteiger partial charge on any atom is -0.467 e. The fourth-order valence-electron chi connectivity index (χ4n) is 1.06. The summed E-state index contributed by atoms with van der Waals surface area (Å²) in [5.74, 6) is -0.531. The Balaban J connectivity index is 4.60. The maximum Gasteiger partial charge on any atom is 0.408 e. The van der Waals surface area contributed by atoms with E-state index in [0.29, 0.717) is 0 Å². The molecule has 0 saturated carbocycles. The first kappa shape index (κ1) is 15.5. The summed E-state index contributed by atoms with van der Waals surface area (Å²) in [7, 11) is 1.27. The van der Waals surface area contributed by atoms with Crippen molar-refractivity contribution < 1.29 is 19.1 Å². The maximum absolute atomic E-state index is 11.5. The molecule has 1 amide bonds. The van der Waals surface area contributed by atoms with Gasteiger partial charge in [0.2, 0.25) is 0 Å². The molecule has 0 fully saturated rings. The van der Waals surface area contributed by atoms with Crippen molar-refractivity contribution in [2.24, 2.45) is 0 Å². The number of hydrogen-bond donors (Lipinski definition) is 1. The zero-order valence-electron chi connectivity index (χ0n) is 11.3. The van der Waals surface area contributed by atoms with Crippen molar-refractivity contribution in [3.8, 4) is 0 Å². The number of alkyl carbamates (subject to hydrolysis) is 1. The van der Waals surface area contributed by atoms with Crippen LogP contribution in [0, 0.1) is 0 Å². The van der Waals surface area contributed by atoms with Crippen molar-refractivity contribution in [2.75, 3.05) is 7.11 Å². The topological polar surface area (TPSA) is 64.6 Å². The second kappa shape index (κ2) is 6.27. The fraction of sp³-hybridized carbons (Fsp3) is 0.667. The second-order valence-corrected chi connectivity index (χ2v) is 4.89. The van der Waals surface area contributed by atoms with Crippen LogP contribution < -0.4 is 5.32 Å². The molecule has 5 heteroatoms. The molecule has 0 aromatic carbocycles. The van der Waals surface area contributed by atoms with Crippen molar-refractivity contribution in [2.45, 2.75) is 46.3 Å². The smallest absolute Gasteiger partial charge is 0.408 e. The number of rotatable bonds is 3. The summed E-state index contributed by atoms with van der Waals surface area (Å²) in [5.41, 5.74) is 0.298. The molecule has 1 unspecified atom stereocenters. The molecule has 0 aromatic rings. The summed E-state index contributed by atoms with van der Waals surface area (Å²) in [5, 5.41) is 2.44. The lowest BCUT2D eigenvalue weighted by Gasteiger charge is -2.21. The SMILES string of the molecule is COC(=O)C(C=C(C)C)NC(=O)OC(C)(C)C. The van der Waals surface area contributed by atoms with Gasteiger partial charge in [0.15, 0.2) is 0 Å². The average molecular weight is 243 g/mol. The summed E-state index contributed by atoms with van der Waals surface area (Å²) < 4.78 is 9.65. The molecule has 1 N–H and O–H groups in total. The first-order chi connectivity index (χ1) is 7.65. The van der Waals surface area contributed by atoms with Gasteiger partial charge in [-0.05, 0) is 34.6 Å². The molecular formula is C12H21NO4. The zero-order valence-corrected chi connectivity index (χ0v) is 11.3. The number of amides is 1. The van der Waals surface area contributed by atoms with Gasteiger partial charge in [0.25, 0.3) is 0 Å². The van der Waals surface area contributed by atoms with Crippen LogP contribution in [0.5, 0.6) is 0 Å². The molecule has 0 saturated heterocycles. The minimum absolute atomic E-state index is 0.531. The molecule has 0 aliphatic rings. The molecule has 0 heterocycles. The Kier molecular flexibility index (Phi) is 5.71. The van der Waals surface area contributed by atoms with Crippen LogP contribution in [0.4, 0.5) is 4.79 Å². The first-order valence-electron chi connectivity index (χ1n) is 5.38. The molecule has 17 heavy (non-hydrogen) atoms. The molecular weight excluding hydrogens is 222 g/mol. The van der Waals surface area contributed by atoms with Gasteiger partial charge in [-0.15, -0.1) is 0 Å². The molecule has 1 atom stereocenters. The summed E-state index contributed by atoms with van der Waals surface area (Å²) >= 11 is 0. The van der Waals surface area contributed by atoms with Gasteiger partial charge < -0.3 is 14.8 Å². The highest BCUT2D eigenvalue weighted by molar-refractivity contribution is 5.83. The lowest BCUT2D eigenvalue weighted by Crippen LogP contribution is -2.43. The Bertz CT molecular complexity index is 311. The Morgan fingerprint density at radius 2 is 1.76 bits per heavy atom. The van der Waals surface area contributed by atoms with Crippen LogP contribution in [0.3, 0.4) is 0 Å². The van der Waals surface area contributed by atoms with Crippen molar-refractivity contribution in [1.82, 2.24) is 5.32 Å². The van der Waals surface area contributed by atoms with Crippen molar-refractivity contribution in [1.29, 1.82) is 0 Å². The maximum atomic E-state index is 11.5. The molecule has 0 spiro atoms. The van der Waals surface area contributed by atoms with Crippen molar-refractivity contribution in [3.05, 3.63) is 11.6 Å². The van der Waals surface area contributed by atoms with E-state index >= 15 is 0 Å². The molecule has 5 nitrogen and oxygen atoms in total. The highest BCUT2D eigenvalue weighted by Crippen LogP contribution is 2.07. The molecule has 0 radical (unpaired) electrons. The van der Waals surface area contributed by atoms with E-state index in [1.54, 1.807) is 26.8 Å². The van der Waals surface area contributed by atoms with E-state index < -0.39 is 23.7 Å². The van der Waals surface area contributed by atoms with Crippen LogP contribution in [-0.2, 0) is 14.3 Å². The number of allylic oxidation sites excluding steroid dienone is 1. The predicted molar refractivity (Wildman–Crippen MR) is 64.6 cm³/mol. The van der Waals surface area contributed by atoms with Gasteiger partial charge in [-0.25, -0.2) is 9.59 Å². The molecule has 0 bridgehead atoms. The van der Waals surface area contributed by atoms with Crippen LogP contribution >= 0.6 is 0 Å². The number of methoxy groups -OCH3 is 1. The summed E-state index contributed by atoms with van der Waals surface area (Å²) in [6.07, 6.45) is 0.959. The summed E-state index contributed by atoms with van der Waals surface area (Å²) in [6, 6.07) is -0.820. The van der Waals surface area contributed by atoms with Gasteiger partial charge in [0, 0.05) is 0 Å². The minimum atomic E-state index is -0.820. The number of nitrogens with one attached hydrogen (secondary N) is 1. The molecule has 0 aliphatic carbocycles. The largest absolute Gasteiger partial charge is 0.467 e. The Hall–Kier alpha value is -1.52. The van der Waals surface area contributed by atoms with E-state index in [0.717, 1.165) is 5.57 Å². The van der Waals surface area contributed by atoms with Crippen LogP contribution in [0.1, 0.15) is 34.6 Å². The molecule has 0 aromatic heterocycles. The Morgan fingerprint density at radius 3 is 2.12 bits per heavy atom. The third-order valence-corrected chi connectivity index (χ3v) is 1.63. The first-order valence-corrected chi connectivity index (χ1v) is 5.38. The highest BCUT2D eigenvalue weighted by Gasteiger charge is 2.22. The van der Waals surface area contributed by atoms with Crippen LogP contribution in [0.2, 0.25) is 0 Å². The number of hydrogen-bond acceptors (Lipinski definition) is 4. The van der Waals surface area contributed by atoms with Gasteiger partial charge in [-0.1, -0.05) is 11.6 Å². The molecule has 0 rings (SSSR count). The highest BCUT2D eigenvalue weighted by atomic mass is 16.6. The van der Waals surface area contributed by atoms with E-state index in [1.807, 2.05) is 13.8 Å². The lowest BCUT2D eigenvalue weighted by atomic mass is 10.2. The van der Waals surface area contributed by atoms with Crippen LogP contribution in [-0.4, -0.2) is 30.8 Å². The van der Waals surface area contributed by atoms with E-state index in [2.05, 4.69) is 10.1 Å². The number of ether oxygens (including phenoxy) is 2. The fourth-order valence-corrected chi connectivity index (χ4v) is 1.06. The number of carbonyl (C=O) groups is 2. The van der Waals surface area contributed by atoms with Gasteiger partial charge in [-0.2, -0.15) is 0 Å². The summed E-state index contributed by atoms with van der Waals surface area (Å²) in [6.45, 7) is 8.90. The van der Waals surface area contributed by atoms with E-state index in [1.165, 1.54) is 7.11 Å². The van der Waals surface area contributed by atoms with Crippen molar-refractivity contribution in [3.63, 3.8) is 0 Å². The lowest BCUT2D eigenvalue weighted by molar-refractivity contribution is -0.141. The third kappa shape index (κ3) is 7.38.